The van der Waals surface area contributed by atoms with Gasteiger partial charge in [0.25, 0.3) is 10.9 Å². The third-order valence-corrected chi connectivity index (χ3v) is 4.93. The van der Waals surface area contributed by atoms with Crippen LogP contribution in [0.5, 0.6) is 0 Å². The highest BCUT2D eigenvalue weighted by Gasteiger charge is 2.20. The minimum atomic E-state index is -0.536. The zero-order chi connectivity index (χ0) is 20.3. The van der Waals surface area contributed by atoms with Crippen molar-refractivity contribution in [3.05, 3.63) is 63.7 Å². The zero-order valence-corrected chi connectivity index (χ0v) is 16.3. The van der Waals surface area contributed by atoms with Gasteiger partial charge >= 0.3 is 0 Å². The summed E-state index contributed by atoms with van der Waals surface area (Å²) < 4.78 is 5.63. The smallest absolute Gasteiger partial charge is 0.277 e. The van der Waals surface area contributed by atoms with Gasteiger partial charge in [-0.3, -0.25) is 14.9 Å². The Bertz CT molecular complexity index is 1030. The molecule has 0 saturated carbocycles. The van der Waals surface area contributed by atoms with Crippen LogP contribution < -0.4 is 5.32 Å². The topological polar surface area (TPSA) is 111 Å². The van der Waals surface area contributed by atoms with E-state index in [0.717, 1.165) is 22.9 Å². The summed E-state index contributed by atoms with van der Waals surface area (Å²) in [6, 6.07) is 12.2. The molecule has 1 heterocycles. The summed E-state index contributed by atoms with van der Waals surface area (Å²) in [6.07, 6.45) is 0. The molecule has 2 aromatic carbocycles. The number of rotatable bonds is 6. The fourth-order valence-electron chi connectivity index (χ4n) is 2.48. The number of hydrogen-bond donors (Lipinski definition) is 1. The molecule has 0 aliphatic carbocycles. The first-order chi connectivity index (χ1) is 13.3. The molecule has 0 saturated heterocycles. The van der Waals surface area contributed by atoms with E-state index in [-0.39, 0.29) is 16.8 Å². The number of aromatic nitrogens is 2. The summed E-state index contributed by atoms with van der Waals surface area (Å²) in [7, 11) is 0. The summed E-state index contributed by atoms with van der Waals surface area (Å²) in [5.74, 6) is 0.0615. The number of nitro groups is 1. The van der Waals surface area contributed by atoms with Gasteiger partial charge in [0.05, 0.1) is 10.2 Å². The third-order valence-electron chi connectivity index (χ3n) is 3.99. The first-order valence-electron chi connectivity index (χ1n) is 8.46. The minimum absolute atomic E-state index is 0.0437. The van der Waals surface area contributed by atoms with Crippen LogP contribution in [0.4, 0.5) is 11.4 Å². The molecule has 0 aliphatic heterocycles. The van der Waals surface area contributed by atoms with Gasteiger partial charge in [-0.15, -0.1) is 10.2 Å². The number of aryl methyl sites for hydroxylation is 2. The molecule has 9 heteroatoms. The fraction of sp³-hybridized carbons (Fsp3) is 0.211. The van der Waals surface area contributed by atoms with Gasteiger partial charge in [0.15, 0.2) is 0 Å². The van der Waals surface area contributed by atoms with Crippen molar-refractivity contribution in [3.63, 3.8) is 0 Å². The number of nitrogens with zero attached hydrogens (tertiary/aromatic N) is 3. The Hall–Kier alpha value is -3.20. The van der Waals surface area contributed by atoms with Crippen LogP contribution in [0.1, 0.15) is 18.1 Å². The summed E-state index contributed by atoms with van der Waals surface area (Å²) in [5, 5.41) is 21.4. The van der Waals surface area contributed by atoms with Crippen LogP contribution in [0, 0.1) is 24.0 Å². The molecule has 0 aliphatic rings. The lowest BCUT2D eigenvalue weighted by Crippen LogP contribution is -2.22. The van der Waals surface area contributed by atoms with Gasteiger partial charge in [-0.05, 0) is 39.0 Å². The molecular weight excluding hydrogens is 380 g/mol. The van der Waals surface area contributed by atoms with E-state index in [1.165, 1.54) is 6.07 Å². The van der Waals surface area contributed by atoms with Crippen molar-refractivity contribution in [2.75, 3.05) is 5.32 Å². The lowest BCUT2D eigenvalue weighted by molar-refractivity contribution is -0.385. The predicted molar refractivity (Wildman–Crippen MR) is 106 cm³/mol. The van der Waals surface area contributed by atoms with Crippen LogP contribution in [0.2, 0.25) is 0 Å². The highest BCUT2D eigenvalue weighted by molar-refractivity contribution is 8.00. The van der Waals surface area contributed by atoms with Crippen molar-refractivity contribution in [1.29, 1.82) is 0 Å². The lowest BCUT2D eigenvalue weighted by Gasteiger charge is -2.10. The second-order valence-corrected chi connectivity index (χ2v) is 7.54. The average molecular weight is 398 g/mol. The Morgan fingerprint density at radius 1 is 1.21 bits per heavy atom. The number of thioether (sulfide) groups is 1. The second kappa shape index (κ2) is 8.22. The fourth-order valence-corrected chi connectivity index (χ4v) is 3.17. The molecule has 1 atom stereocenters. The molecular formula is C19H18N4O4S. The van der Waals surface area contributed by atoms with E-state index in [1.54, 1.807) is 26.0 Å². The van der Waals surface area contributed by atoms with E-state index in [2.05, 4.69) is 15.5 Å². The second-order valence-electron chi connectivity index (χ2n) is 6.25. The quantitative estimate of drug-likeness (QED) is 0.372. The molecule has 3 rings (SSSR count). The molecule has 1 amide bonds. The van der Waals surface area contributed by atoms with E-state index < -0.39 is 10.2 Å². The summed E-state index contributed by atoms with van der Waals surface area (Å²) >= 11 is 1.12. The molecule has 1 N–H and O–H groups in total. The maximum absolute atomic E-state index is 12.4. The number of nitrogens with one attached hydrogen (secondary N) is 1. The first-order valence-corrected chi connectivity index (χ1v) is 9.34. The Morgan fingerprint density at radius 2 is 2.00 bits per heavy atom. The Balaban J connectivity index is 1.66. The van der Waals surface area contributed by atoms with Crippen LogP contribution in [-0.4, -0.2) is 26.3 Å². The molecule has 28 heavy (non-hydrogen) atoms. The summed E-state index contributed by atoms with van der Waals surface area (Å²) in [6.45, 7) is 5.31. The van der Waals surface area contributed by atoms with Crippen LogP contribution in [-0.2, 0) is 4.79 Å². The number of anilines is 1. The van der Waals surface area contributed by atoms with Gasteiger partial charge in [-0.2, -0.15) is 0 Å². The highest BCUT2D eigenvalue weighted by atomic mass is 32.2. The summed E-state index contributed by atoms with van der Waals surface area (Å²) in [4.78, 5) is 23.0. The lowest BCUT2D eigenvalue weighted by atomic mass is 10.1. The van der Waals surface area contributed by atoms with Crippen molar-refractivity contribution in [3.8, 4) is 11.5 Å². The molecule has 0 fully saturated rings. The van der Waals surface area contributed by atoms with Crippen molar-refractivity contribution in [2.45, 2.75) is 31.2 Å². The van der Waals surface area contributed by atoms with E-state index >= 15 is 0 Å². The largest absolute Gasteiger partial charge is 0.411 e. The summed E-state index contributed by atoms with van der Waals surface area (Å²) in [5.41, 5.74) is 2.73. The molecule has 0 bridgehead atoms. The predicted octanol–water partition coefficient (Wildman–Crippen LogP) is 4.38. The zero-order valence-electron chi connectivity index (χ0n) is 15.5. The Morgan fingerprint density at radius 3 is 2.71 bits per heavy atom. The van der Waals surface area contributed by atoms with E-state index in [1.807, 2.05) is 31.2 Å². The van der Waals surface area contributed by atoms with Crippen molar-refractivity contribution in [2.24, 2.45) is 0 Å². The van der Waals surface area contributed by atoms with Crippen LogP contribution in [0.25, 0.3) is 11.5 Å². The van der Waals surface area contributed by atoms with E-state index in [0.29, 0.717) is 17.1 Å². The Kier molecular flexibility index (Phi) is 5.74. The molecule has 3 aromatic rings. The van der Waals surface area contributed by atoms with Crippen molar-refractivity contribution < 1.29 is 14.1 Å². The number of amides is 1. The molecule has 144 valence electrons. The van der Waals surface area contributed by atoms with Crippen LogP contribution >= 0.6 is 11.8 Å². The number of hydrogen-bond acceptors (Lipinski definition) is 7. The van der Waals surface area contributed by atoms with Gasteiger partial charge in [-0.1, -0.05) is 35.5 Å². The van der Waals surface area contributed by atoms with Gasteiger partial charge in [-0.25, -0.2) is 0 Å². The maximum atomic E-state index is 12.4. The maximum Gasteiger partial charge on any atom is 0.277 e. The SMILES string of the molecule is Cc1cccc(-c2nnc(S[C@H](C)C(=O)Nc3ccc(C)c([N+](=O)[O-])c3)o2)c1. The van der Waals surface area contributed by atoms with E-state index in [4.69, 9.17) is 4.42 Å². The molecule has 0 spiro atoms. The van der Waals surface area contributed by atoms with Crippen LogP contribution in [0.15, 0.2) is 52.1 Å². The number of carbonyl (C=O) groups excluding carboxylic acids is 1. The normalized spacial score (nSPS) is 11.8. The standard InChI is InChI=1S/C19H18N4O4S/c1-11-5-4-6-14(9-11)18-21-22-19(27-18)28-13(3)17(24)20-15-8-7-12(2)16(10-15)23(25)26/h4-10,13H,1-3H3,(H,20,24)/t13-/m1/s1. The first kappa shape index (κ1) is 19.6. The monoisotopic (exact) mass is 398 g/mol. The number of nitro benzene ring substituents is 1. The highest BCUT2D eigenvalue weighted by Crippen LogP contribution is 2.28. The van der Waals surface area contributed by atoms with Crippen molar-refractivity contribution in [1.82, 2.24) is 10.2 Å². The van der Waals surface area contributed by atoms with Gasteiger partial charge in [0.2, 0.25) is 11.8 Å². The number of carbonyl (C=O) groups is 1. The van der Waals surface area contributed by atoms with Crippen LogP contribution in [0.3, 0.4) is 0 Å². The molecule has 0 unspecified atom stereocenters. The molecule has 0 radical (unpaired) electrons. The number of benzene rings is 2. The van der Waals surface area contributed by atoms with E-state index in [9.17, 15) is 14.9 Å². The van der Waals surface area contributed by atoms with Gasteiger partial charge < -0.3 is 9.73 Å². The van der Waals surface area contributed by atoms with Gasteiger partial charge in [0.1, 0.15) is 0 Å². The Labute approximate surface area is 165 Å². The average Bonchev–Trinajstić information content (AvgIpc) is 3.11. The minimum Gasteiger partial charge on any atom is -0.411 e. The molecule has 1 aromatic heterocycles. The van der Waals surface area contributed by atoms with Crippen molar-refractivity contribution >= 4 is 29.0 Å². The third kappa shape index (κ3) is 4.55. The van der Waals surface area contributed by atoms with Gasteiger partial charge in [0, 0.05) is 22.9 Å². The molecule has 8 nitrogen and oxygen atoms in total.